The van der Waals surface area contributed by atoms with E-state index in [2.05, 4.69) is 21.7 Å². The monoisotopic (exact) mass is 442 g/mol. The number of hydrogen-bond acceptors (Lipinski definition) is 5. The van der Waals surface area contributed by atoms with Crippen LogP contribution in [0.4, 0.5) is 4.39 Å². The lowest BCUT2D eigenvalue weighted by Gasteiger charge is -2.09. The van der Waals surface area contributed by atoms with Gasteiger partial charge in [0.2, 0.25) is 11.8 Å². The lowest BCUT2D eigenvalue weighted by Crippen LogP contribution is -2.43. The Morgan fingerprint density at radius 3 is 2.60 bits per heavy atom. The zero-order chi connectivity index (χ0) is 21.3. The molecule has 0 radical (unpaired) electrons. The second-order valence-corrected chi connectivity index (χ2v) is 8.64. The van der Waals surface area contributed by atoms with Gasteiger partial charge in [0.1, 0.15) is 21.9 Å². The van der Waals surface area contributed by atoms with Crippen molar-refractivity contribution < 1.29 is 14.0 Å². The summed E-state index contributed by atoms with van der Waals surface area (Å²) in [5.74, 6) is -1.05. The number of nitrogens with zero attached hydrogens (tertiary/aromatic N) is 2. The van der Waals surface area contributed by atoms with Gasteiger partial charge in [0.05, 0.1) is 28.8 Å². The molecule has 3 aromatic rings. The molecule has 0 atom stereocenters. The van der Waals surface area contributed by atoms with Crippen LogP contribution in [0.3, 0.4) is 0 Å². The van der Waals surface area contributed by atoms with Gasteiger partial charge < -0.3 is 10.6 Å². The van der Waals surface area contributed by atoms with Crippen molar-refractivity contribution in [3.8, 4) is 17.2 Å². The Kier molecular flexibility index (Phi) is 5.41. The smallest absolute Gasteiger partial charge is 0.240 e. The number of fused-ring (bicyclic) bond motifs is 1. The Morgan fingerprint density at radius 1 is 1.20 bits per heavy atom. The predicted molar refractivity (Wildman–Crippen MR) is 112 cm³/mol. The third kappa shape index (κ3) is 4.42. The van der Waals surface area contributed by atoms with Crippen LogP contribution in [0.2, 0.25) is 5.02 Å². The van der Waals surface area contributed by atoms with Crippen molar-refractivity contribution in [1.29, 1.82) is 5.26 Å². The molecule has 2 N–H and O–H groups in total. The summed E-state index contributed by atoms with van der Waals surface area (Å²) in [5, 5.41) is 15.2. The van der Waals surface area contributed by atoms with Crippen LogP contribution in [0.25, 0.3) is 21.3 Å². The molecule has 4 rings (SSSR count). The largest absolute Gasteiger partial charge is 0.347 e. The minimum absolute atomic E-state index is 0.0121. The average Bonchev–Trinajstić information content (AvgIpc) is 3.37. The van der Waals surface area contributed by atoms with Gasteiger partial charge >= 0.3 is 0 Å². The zero-order valence-corrected chi connectivity index (χ0v) is 17.2. The zero-order valence-electron chi connectivity index (χ0n) is 15.7. The lowest BCUT2D eigenvalue weighted by atomic mass is 10.1. The van der Waals surface area contributed by atoms with Gasteiger partial charge in [-0.15, -0.1) is 11.3 Å². The predicted octanol–water partition coefficient (Wildman–Crippen LogP) is 3.59. The van der Waals surface area contributed by atoms with Crippen LogP contribution in [0.15, 0.2) is 36.4 Å². The molecular formula is C21H16ClFN4O2S. The number of hydrogen-bond donors (Lipinski definition) is 2. The number of carbonyl (C=O) groups is 2. The van der Waals surface area contributed by atoms with Crippen LogP contribution in [0, 0.1) is 17.1 Å². The first-order valence-electron chi connectivity index (χ1n) is 9.21. The Bertz CT molecular complexity index is 1180. The Hall–Kier alpha value is -3.02. The first-order chi connectivity index (χ1) is 14.4. The number of nitriles is 1. The molecule has 2 aromatic carbocycles. The molecular weight excluding hydrogens is 427 g/mol. The highest BCUT2D eigenvalue weighted by molar-refractivity contribution is 7.18. The molecule has 1 aliphatic rings. The van der Waals surface area contributed by atoms with Crippen molar-refractivity contribution in [3.63, 3.8) is 0 Å². The van der Waals surface area contributed by atoms with Crippen LogP contribution < -0.4 is 10.6 Å². The molecule has 0 bridgehead atoms. The van der Waals surface area contributed by atoms with Gasteiger partial charge in [0, 0.05) is 0 Å². The molecule has 1 fully saturated rings. The molecule has 30 heavy (non-hydrogen) atoms. The third-order valence-corrected chi connectivity index (χ3v) is 6.06. The highest BCUT2D eigenvalue weighted by Crippen LogP contribution is 2.35. The highest BCUT2D eigenvalue weighted by atomic mass is 35.5. The molecule has 0 spiro atoms. The minimum Gasteiger partial charge on any atom is -0.347 e. The fourth-order valence-corrected chi connectivity index (χ4v) is 4.35. The fraction of sp³-hybridized carbons (Fsp3) is 0.238. The van der Waals surface area contributed by atoms with E-state index in [1.807, 2.05) is 6.07 Å². The summed E-state index contributed by atoms with van der Waals surface area (Å²) in [6, 6.07) is 11.8. The molecule has 1 aromatic heterocycles. The molecule has 6 nitrogen and oxygen atoms in total. The maximum Gasteiger partial charge on any atom is 0.240 e. The van der Waals surface area contributed by atoms with Gasteiger partial charge in [0.25, 0.3) is 0 Å². The number of thiazole rings is 1. The average molecular weight is 443 g/mol. The normalized spacial score (nSPS) is 14.2. The summed E-state index contributed by atoms with van der Waals surface area (Å²) >= 11 is 7.70. The van der Waals surface area contributed by atoms with Crippen LogP contribution >= 0.6 is 22.9 Å². The molecule has 0 saturated heterocycles. The molecule has 0 aliphatic heterocycles. The Balaban J connectivity index is 1.42. The van der Waals surface area contributed by atoms with Crippen LogP contribution in [0.5, 0.6) is 0 Å². The van der Waals surface area contributed by atoms with Crippen molar-refractivity contribution in [1.82, 2.24) is 15.6 Å². The second kappa shape index (κ2) is 8.01. The van der Waals surface area contributed by atoms with Gasteiger partial charge in [-0.3, -0.25) is 9.59 Å². The lowest BCUT2D eigenvalue weighted by molar-refractivity contribution is -0.126. The van der Waals surface area contributed by atoms with E-state index >= 15 is 0 Å². The minimum atomic E-state index is -0.756. The van der Waals surface area contributed by atoms with Gasteiger partial charge in [-0.25, -0.2) is 9.37 Å². The molecule has 1 aliphatic carbocycles. The number of benzene rings is 2. The van der Waals surface area contributed by atoms with E-state index in [9.17, 15) is 14.0 Å². The molecule has 152 valence electrons. The number of nitrogens with one attached hydrogen (secondary N) is 2. The fourth-order valence-electron chi connectivity index (χ4n) is 3.00. The first-order valence-corrected chi connectivity index (χ1v) is 10.4. The summed E-state index contributed by atoms with van der Waals surface area (Å²) in [4.78, 5) is 28.5. The van der Waals surface area contributed by atoms with Gasteiger partial charge in [-0.1, -0.05) is 23.7 Å². The quantitative estimate of drug-likeness (QED) is 0.610. The third-order valence-electron chi connectivity index (χ3n) is 4.77. The van der Waals surface area contributed by atoms with E-state index in [0.29, 0.717) is 28.4 Å². The van der Waals surface area contributed by atoms with E-state index in [1.165, 1.54) is 23.5 Å². The summed E-state index contributed by atoms with van der Waals surface area (Å²) in [6.07, 6.45) is 1.28. The molecule has 2 amide bonds. The van der Waals surface area contributed by atoms with Crippen LogP contribution in [-0.2, 0) is 16.0 Å². The molecule has 1 heterocycles. The summed E-state index contributed by atoms with van der Waals surface area (Å²) < 4.78 is 14.0. The van der Waals surface area contributed by atoms with Gasteiger partial charge in [-0.05, 0) is 48.2 Å². The SMILES string of the molecule is N#CC1(NC(=O)CNC(=O)Cc2nc3c(Cl)cc(-c4ccc(F)cc4)cc3s2)CC1. The van der Waals surface area contributed by atoms with E-state index < -0.39 is 11.4 Å². The first kappa shape index (κ1) is 20.3. The topological polar surface area (TPSA) is 94.9 Å². The highest BCUT2D eigenvalue weighted by Gasteiger charge is 2.44. The van der Waals surface area contributed by atoms with Crippen LogP contribution in [-0.4, -0.2) is 28.9 Å². The van der Waals surface area contributed by atoms with Crippen molar-refractivity contribution in [2.24, 2.45) is 0 Å². The summed E-state index contributed by atoms with van der Waals surface area (Å²) in [5.41, 5.74) is 1.49. The van der Waals surface area contributed by atoms with Crippen LogP contribution in [0.1, 0.15) is 17.8 Å². The second-order valence-electron chi connectivity index (χ2n) is 7.11. The maximum atomic E-state index is 13.2. The van der Waals surface area contributed by atoms with Gasteiger partial charge in [0.15, 0.2) is 0 Å². The summed E-state index contributed by atoms with van der Waals surface area (Å²) in [7, 11) is 0. The van der Waals surface area contributed by atoms with Crippen molar-refractivity contribution >= 4 is 45.0 Å². The Morgan fingerprint density at radius 2 is 1.93 bits per heavy atom. The van der Waals surface area contributed by atoms with E-state index in [1.54, 1.807) is 18.2 Å². The number of amides is 2. The standard InChI is InChI=1S/C21H16ClFN4O2S/c22-15-7-13(12-1-3-14(23)4-2-12)8-16-20(15)26-19(30-16)9-17(28)25-10-18(29)27-21(11-24)5-6-21/h1-4,7-8H,5-6,9-10H2,(H,25,28)(H,27,29). The Labute approximate surface area is 180 Å². The number of carbonyl (C=O) groups excluding carboxylic acids is 2. The van der Waals surface area contributed by atoms with Crippen molar-refractivity contribution in [3.05, 3.63) is 52.2 Å². The van der Waals surface area contributed by atoms with Crippen molar-refractivity contribution in [2.75, 3.05) is 6.54 Å². The maximum absolute atomic E-state index is 13.2. The van der Waals surface area contributed by atoms with E-state index in [-0.39, 0.29) is 24.7 Å². The number of aromatic nitrogens is 1. The van der Waals surface area contributed by atoms with E-state index in [0.717, 1.165) is 15.8 Å². The summed E-state index contributed by atoms with van der Waals surface area (Å²) in [6.45, 7) is -0.192. The molecule has 9 heteroatoms. The number of rotatable bonds is 6. The molecule has 1 saturated carbocycles. The molecule has 0 unspecified atom stereocenters. The van der Waals surface area contributed by atoms with Gasteiger partial charge in [-0.2, -0.15) is 5.26 Å². The van der Waals surface area contributed by atoms with Crippen molar-refractivity contribution in [2.45, 2.75) is 24.8 Å². The van der Waals surface area contributed by atoms with E-state index in [4.69, 9.17) is 16.9 Å². The number of halogens is 2.